The predicted octanol–water partition coefficient (Wildman–Crippen LogP) is 2.89. The van der Waals surface area contributed by atoms with E-state index in [0.717, 1.165) is 22.6 Å². The third-order valence-corrected chi connectivity index (χ3v) is 3.91. The summed E-state index contributed by atoms with van der Waals surface area (Å²) < 4.78 is 13.6. The van der Waals surface area contributed by atoms with Gasteiger partial charge in [-0.2, -0.15) is 0 Å². The molecule has 0 aliphatic rings. The summed E-state index contributed by atoms with van der Waals surface area (Å²) in [4.78, 5) is 1.10. The lowest BCUT2D eigenvalue weighted by molar-refractivity contribution is 0.296. The van der Waals surface area contributed by atoms with Crippen molar-refractivity contribution in [2.24, 2.45) is 0 Å². The van der Waals surface area contributed by atoms with Crippen LogP contribution in [0.1, 0.15) is 30.5 Å². The number of aliphatic hydroxyl groups is 1. The van der Waals surface area contributed by atoms with Gasteiger partial charge in [-0.05, 0) is 50.6 Å². The first-order chi connectivity index (χ1) is 8.10. The van der Waals surface area contributed by atoms with E-state index in [1.165, 1.54) is 0 Å². The molecule has 1 atom stereocenters. The molecule has 4 heteroatoms. The Morgan fingerprint density at radius 1 is 1.47 bits per heavy atom. The van der Waals surface area contributed by atoms with Gasteiger partial charge in [0.2, 0.25) is 0 Å². The van der Waals surface area contributed by atoms with Crippen LogP contribution in [0.2, 0.25) is 0 Å². The Labute approximate surface area is 107 Å². The van der Waals surface area contributed by atoms with Crippen LogP contribution < -0.4 is 5.32 Å². The van der Waals surface area contributed by atoms with E-state index in [2.05, 4.69) is 5.32 Å². The SMILES string of the molecule is CNC(C)c1cc(F)c(C)cc1SCCCO. The first kappa shape index (κ1) is 14.5. The summed E-state index contributed by atoms with van der Waals surface area (Å²) in [7, 11) is 1.87. The molecule has 0 saturated carbocycles. The maximum atomic E-state index is 13.6. The molecule has 1 rings (SSSR count). The maximum Gasteiger partial charge on any atom is 0.126 e. The van der Waals surface area contributed by atoms with Gasteiger partial charge >= 0.3 is 0 Å². The third kappa shape index (κ3) is 3.98. The topological polar surface area (TPSA) is 32.3 Å². The summed E-state index contributed by atoms with van der Waals surface area (Å²) in [6.45, 7) is 3.99. The Bertz CT molecular complexity index is 371. The second-order valence-corrected chi connectivity index (χ2v) is 5.21. The minimum absolute atomic E-state index is 0.127. The van der Waals surface area contributed by atoms with Gasteiger partial charge < -0.3 is 10.4 Å². The van der Waals surface area contributed by atoms with Crippen LogP contribution in [-0.4, -0.2) is 24.5 Å². The van der Waals surface area contributed by atoms with E-state index >= 15 is 0 Å². The van der Waals surface area contributed by atoms with Crippen molar-refractivity contribution in [1.82, 2.24) is 5.32 Å². The largest absolute Gasteiger partial charge is 0.396 e. The molecule has 0 aliphatic carbocycles. The van der Waals surface area contributed by atoms with Gasteiger partial charge in [-0.25, -0.2) is 4.39 Å². The minimum atomic E-state index is -0.159. The van der Waals surface area contributed by atoms with Crippen molar-refractivity contribution in [3.05, 3.63) is 29.1 Å². The van der Waals surface area contributed by atoms with E-state index in [9.17, 15) is 4.39 Å². The van der Waals surface area contributed by atoms with Crippen LogP contribution in [0.25, 0.3) is 0 Å². The molecule has 1 aromatic rings. The summed E-state index contributed by atoms with van der Waals surface area (Å²) in [6.07, 6.45) is 0.758. The van der Waals surface area contributed by atoms with Crippen molar-refractivity contribution in [3.8, 4) is 0 Å². The number of hydrogen-bond donors (Lipinski definition) is 2. The third-order valence-electron chi connectivity index (χ3n) is 2.75. The van der Waals surface area contributed by atoms with Crippen LogP contribution in [-0.2, 0) is 0 Å². The zero-order valence-corrected chi connectivity index (χ0v) is 11.4. The Kier molecular flexibility index (Phi) is 5.95. The fraction of sp³-hybridized carbons (Fsp3) is 0.538. The molecule has 2 N–H and O–H groups in total. The number of hydrogen-bond acceptors (Lipinski definition) is 3. The first-order valence-corrected chi connectivity index (χ1v) is 6.79. The molecule has 1 aromatic carbocycles. The summed E-state index contributed by atoms with van der Waals surface area (Å²) >= 11 is 1.67. The number of aliphatic hydroxyl groups excluding tert-OH is 1. The van der Waals surface area contributed by atoms with E-state index in [0.29, 0.717) is 5.56 Å². The highest BCUT2D eigenvalue weighted by molar-refractivity contribution is 7.99. The van der Waals surface area contributed by atoms with Crippen molar-refractivity contribution in [2.45, 2.75) is 31.2 Å². The number of rotatable bonds is 6. The molecule has 0 bridgehead atoms. The monoisotopic (exact) mass is 257 g/mol. The molecule has 0 heterocycles. The van der Waals surface area contributed by atoms with Crippen LogP contribution in [0, 0.1) is 12.7 Å². The van der Waals surface area contributed by atoms with Crippen molar-refractivity contribution in [1.29, 1.82) is 0 Å². The van der Waals surface area contributed by atoms with Gasteiger partial charge in [0, 0.05) is 23.3 Å². The second kappa shape index (κ2) is 6.99. The van der Waals surface area contributed by atoms with Gasteiger partial charge in [-0.15, -0.1) is 11.8 Å². The minimum Gasteiger partial charge on any atom is -0.396 e. The molecule has 2 nitrogen and oxygen atoms in total. The van der Waals surface area contributed by atoms with Crippen molar-refractivity contribution < 1.29 is 9.50 Å². The van der Waals surface area contributed by atoms with Crippen molar-refractivity contribution >= 4 is 11.8 Å². The molecule has 0 saturated heterocycles. The molecule has 17 heavy (non-hydrogen) atoms. The molecule has 0 aromatic heterocycles. The Hall–Kier alpha value is -0.580. The molecular formula is C13H20FNOS. The maximum absolute atomic E-state index is 13.6. The van der Waals surface area contributed by atoms with E-state index in [-0.39, 0.29) is 18.5 Å². The molecule has 0 radical (unpaired) electrons. The normalized spacial score (nSPS) is 12.8. The highest BCUT2D eigenvalue weighted by Gasteiger charge is 2.12. The molecule has 0 amide bonds. The predicted molar refractivity (Wildman–Crippen MR) is 71.0 cm³/mol. The summed E-state index contributed by atoms with van der Waals surface area (Å²) in [5, 5.41) is 11.9. The smallest absolute Gasteiger partial charge is 0.126 e. The Balaban J connectivity index is 2.94. The zero-order valence-electron chi connectivity index (χ0n) is 10.6. The lowest BCUT2D eigenvalue weighted by atomic mass is 10.1. The van der Waals surface area contributed by atoms with Crippen LogP contribution in [0.5, 0.6) is 0 Å². The number of thioether (sulfide) groups is 1. The summed E-state index contributed by atoms with van der Waals surface area (Å²) in [6, 6.07) is 3.62. The van der Waals surface area contributed by atoms with Crippen molar-refractivity contribution in [2.75, 3.05) is 19.4 Å². The highest BCUT2D eigenvalue weighted by atomic mass is 32.2. The number of nitrogens with one attached hydrogen (secondary N) is 1. The number of halogens is 1. The van der Waals surface area contributed by atoms with Gasteiger partial charge in [0.1, 0.15) is 5.82 Å². The quantitative estimate of drug-likeness (QED) is 0.607. The van der Waals surface area contributed by atoms with Gasteiger partial charge in [0.15, 0.2) is 0 Å². The lowest BCUT2D eigenvalue weighted by Crippen LogP contribution is -2.14. The standard InChI is InChI=1S/C13H20FNOS/c1-9-7-13(17-6-4-5-16)11(8-12(9)14)10(2)15-3/h7-8,10,15-16H,4-6H2,1-3H3. The number of aryl methyl sites for hydroxylation is 1. The average molecular weight is 257 g/mol. The lowest BCUT2D eigenvalue weighted by Gasteiger charge is -2.16. The summed E-state index contributed by atoms with van der Waals surface area (Å²) in [5.41, 5.74) is 1.65. The van der Waals surface area contributed by atoms with Gasteiger partial charge in [0.05, 0.1) is 0 Å². The van der Waals surface area contributed by atoms with Gasteiger partial charge in [-0.1, -0.05) is 0 Å². The number of benzene rings is 1. The molecule has 0 aliphatic heterocycles. The average Bonchev–Trinajstić information content (AvgIpc) is 2.32. The van der Waals surface area contributed by atoms with E-state index in [1.807, 2.05) is 20.0 Å². The fourth-order valence-electron chi connectivity index (χ4n) is 1.54. The second-order valence-electron chi connectivity index (χ2n) is 4.08. The first-order valence-electron chi connectivity index (χ1n) is 5.81. The molecule has 1 unspecified atom stereocenters. The van der Waals surface area contributed by atoms with E-state index in [4.69, 9.17) is 5.11 Å². The Morgan fingerprint density at radius 3 is 2.76 bits per heavy atom. The van der Waals surface area contributed by atoms with Crippen LogP contribution >= 0.6 is 11.8 Å². The zero-order chi connectivity index (χ0) is 12.8. The molecule has 96 valence electrons. The summed E-state index contributed by atoms with van der Waals surface area (Å²) in [5.74, 6) is 0.693. The fourth-order valence-corrected chi connectivity index (χ4v) is 2.69. The van der Waals surface area contributed by atoms with E-state index < -0.39 is 0 Å². The van der Waals surface area contributed by atoms with Crippen molar-refractivity contribution in [3.63, 3.8) is 0 Å². The molecular weight excluding hydrogens is 237 g/mol. The van der Waals surface area contributed by atoms with Crippen LogP contribution in [0.3, 0.4) is 0 Å². The van der Waals surface area contributed by atoms with Crippen LogP contribution in [0.15, 0.2) is 17.0 Å². The highest BCUT2D eigenvalue weighted by Crippen LogP contribution is 2.30. The van der Waals surface area contributed by atoms with Crippen LogP contribution in [0.4, 0.5) is 4.39 Å². The van der Waals surface area contributed by atoms with Gasteiger partial charge in [-0.3, -0.25) is 0 Å². The molecule has 0 fully saturated rings. The Morgan fingerprint density at radius 2 is 2.18 bits per heavy atom. The van der Waals surface area contributed by atoms with Gasteiger partial charge in [0.25, 0.3) is 0 Å². The molecule has 0 spiro atoms. The van der Waals surface area contributed by atoms with E-state index in [1.54, 1.807) is 24.8 Å².